The number of hydrogen-bond acceptors (Lipinski definition) is 4. The molecule has 0 saturated heterocycles. The highest BCUT2D eigenvalue weighted by Gasteiger charge is 2.32. The fourth-order valence-corrected chi connectivity index (χ4v) is 4.45. The zero-order chi connectivity index (χ0) is 21.4. The number of carbonyl (C=O) groups excluding carboxylic acids is 1. The molecule has 1 aromatic heterocycles. The first-order chi connectivity index (χ1) is 15.2. The Morgan fingerprint density at radius 1 is 1.03 bits per heavy atom. The lowest BCUT2D eigenvalue weighted by molar-refractivity contribution is -0.117. The Hall–Kier alpha value is -3.80. The first-order valence-electron chi connectivity index (χ1n) is 10.3. The molecule has 2 N–H and O–H groups in total. The van der Waals surface area contributed by atoms with E-state index in [1.165, 1.54) is 0 Å². The van der Waals surface area contributed by atoms with Crippen molar-refractivity contribution in [3.63, 3.8) is 0 Å². The van der Waals surface area contributed by atoms with Crippen molar-refractivity contribution >= 4 is 22.4 Å². The standard InChI is InChI=1S/C25H23N3O3/c1-30-23-10-9-20-21(24(23)31-2)7-8-22(20)25(29)28-19-6-5-15-3-4-16(11-17(15)12-19)18-13-26-27-14-18/h3-6,9-14,22H,7-8H2,1-2H3,(H,26,27)(H,28,29). The van der Waals surface area contributed by atoms with Crippen LogP contribution in [0.3, 0.4) is 0 Å². The van der Waals surface area contributed by atoms with E-state index in [1.807, 2.05) is 36.5 Å². The van der Waals surface area contributed by atoms with Crippen LogP contribution in [0.25, 0.3) is 21.9 Å². The molecule has 5 rings (SSSR count). The molecule has 0 saturated carbocycles. The number of nitrogens with zero attached hydrogens (tertiary/aromatic N) is 1. The third-order valence-electron chi connectivity index (χ3n) is 6.00. The molecule has 1 amide bonds. The molecular weight excluding hydrogens is 390 g/mol. The lowest BCUT2D eigenvalue weighted by Gasteiger charge is -2.15. The van der Waals surface area contributed by atoms with E-state index >= 15 is 0 Å². The largest absolute Gasteiger partial charge is 0.493 e. The Labute approximate surface area is 180 Å². The summed E-state index contributed by atoms with van der Waals surface area (Å²) < 4.78 is 11.0. The summed E-state index contributed by atoms with van der Waals surface area (Å²) in [4.78, 5) is 13.1. The Morgan fingerprint density at radius 3 is 2.68 bits per heavy atom. The van der Waals surface area contributed by atoms with E-state index in [4.69, 9.17) is 9.47 Å². The second kappa shape index (κ2) is 7.80. The monoisotopic (exact) mass is 413 g/mol. The summed E-state index contributed by atoms with van der Waals surface area (Å²) in [6.45, 7) is 0. The van der Waals surface area contributed by atoms with Crippen molar-refractivity contribution in [2.45, 2.75) is 18.8 Å². The zero-order valence-corrected chi connectivity index (χ0v) is 17.4. The van der Waals surface area contributed by atoms with Crippen LogP contribution in [0.1, 0.15) is 23.5 Å². The van der Waals surface area contributed by atoms with Crippen LogP contribution in [0, 0.1) is 0 Å². The number of ether oxygens (including phenoxy) is 2. The van der Waals surface area contributed by atoms with Crippen LogP contribution in [0.5, 0.6) is 11.5 Å². The molecule has 1 unspecified atom stereocenters. The first-order valence-corrected chi connectivity index (χ1v) is 10.3. The number of anilines is 1. The van der Waals surface area contributed by atoms with Gasteiger partial charge in [0.25, 0.3) is 0 Å². The van der Waals surface area contributed by atoms with Gasteiger partial charge in [0, 0.05) is 23.0 Å². The Bertz CT molecular complexity index is 1260. The molecular formula is C25H23N3O3. The first kappa shape index (κ1) is 19.2. The van der Waals surface area contributed by atoms with Crippen molar-refractivity contribution in [2.24, 2.45) is 0 Å². The minimum atomic E-state index is -0.206. The quantitative estimate of drug-likeness (QED) is 0.487. The number of carbonyl (C=O) groups is 1. The molecule has 0 bridgehead atoms. The number of nitrogens with one attached hydrogen (secondary N) is 2. The van der Waals surface area contributed by atoms with Gasteiger partial charge in [0.1, 0.15) is 0 Å². The number of amides is 1. The van der Waals surface area contributed by atoms with Crippen LogP contribution in [0.2, 0.25) is 0 Å². The van der Waals surface area contributed by atoms with Gasteiger partial charge in [0.15, 0.2) is 11.5 Å². The number of rotatable bonds is 5. The second-order valence-electron chi connectivity index (χ2n) is 7.71. The van der Waals surface area contributed by atoms with E-state index in [0.29, 0.717) is 5.75 Å². The molecule has 6 heteroatoms. The molecule has 1 atom stereocenters. The average Bonchev–Trinajstić information content (AvgIpc) is 3.48. The topological polar surface area (TPSA) is 76.2 Å². The number of benzene rings is 3. The molecule has 6 nitrogen and oxygen atoms in total. The summed E-state index contributed by atoms with van der Waals surface area (Å²) in [5.41, 5.74) is 4.97. The normalized spacial score (nSPS) is 15.0. The summed E-state index contributed by atoms with van der Waals surface area (Å²) in [5, 5.41) is 12.2. The second-order valence-corrected chi connectivity index (χ2v) is 7.71. The highest BCUT2D eigenvalue weighted by atomic mass is 16.5. The van der Waals surface area contributed by atoms with Crippen molar-refractivity contribution in [3.05, 3.63) is 72.1 Å². The number of aromatic amines is 1. The predicted molar refractivity (Wildman–Crippen MR) is 121 cm³/mol. The molecule has 3 aromatic carbocycles. The van der Waals surface area contributed by atoms with Crippen LogP contribution < -0.4 is 14.8 Å². The van der Waals surface area contributed by atoms with Gasteiger partial charge in [-0.15, -0.1) is 0 Å². The van der Waals surface area contributed by atoms with Gasteiger partial charge in [-0.2, -0.15) is 5.10 Å². The number of methoxy groups -OCH3 is 2. The summed E-state index contributed by atoms with van der Waals surface area (Å²) in [6, 6.07) is 16.1. The maximum absolute atomic E-state index is 13.1. The Balaban J connectivity index is 1.41. The van der Waals surface area contributed by atoms with Crippen LogP contribution >= 0.6 is 0 Å². The van der Waals surface area contributed by atoms with Gasteiger partial charge in [0.2, 0.25) is 5.91 Å². The molecule has 0 aliphatic heterocycles. The summed E-state index contributed by atoms with van der Waals surface area (Å²) in [7, 11) is 3.26. The van der Waals surface area contributed by atoms with Crippen LogP contribution in [0.15, 0.2) is 60.9 Å². The molecule has 4 aromatic rings. The highest BCUT2D eigenvalue weighted by molar-refractivity contribution is 5.99. The number of hydrogen-bond donors (Lipinski definition) is 2. The molecule has 1 aliphatic rings. The lowest BCUT2D eigenvalue weighted by Crippen LogP contribution is -2.19. The van der Waals surface area contributed by atoms with Crippen molar-refractivity contribution in [1.82, 2.24) is 10.2 Å². The molecule has 1 heterocycles. The van der Waals surface area contributed by atoms with Gasteiger partial charge in [0.05, 0.1) is 26.3 Å². The smallest absolute Gasteiger partial charge is 0.231 e. The fourth-order valence-electron chi connectivity index (χ4n) is 4.45. The number of aromatic nitrogens is 2. The van der Waals surface area contributed by atoms with Crippen molar-refractivity contribution in [3.8, 4) is 22.6 Å². The molecule has 0 fully saturated rings. The van der Waals surface area contributed by atoms with Gasteiger partial charge in [-0.3, -0.25) is 9.89 Å². The summed E-state index contributed by atoms with van der Waals surface area (Å²) in [6.07, 6.45) is 5.21. The fraction of sp³-hybridized carbons (Fsp3) is 0.200. The minimum Gasteiger partial charge on any atom is -0.493 e. The predicted octanol–water partition coefficient (Wildman–Crippen LogP) is 4.92. The van der Waals surface area contributed by atoms with E-state index in [2.05, 4.69) is 33.7 Å². The van der Waals surface area contributed by atoms with E-state index in [-0.39, 0.29) is 11.8 Å². The maximum Gasteiger partial charge on any atom is 0.231 e. The molecule has 31 heavy (non-hydrogen) atoms. The third-order valence-corrected chi connectivity index (χ3v) is 6.00. The zero-order valence-electron chi connectivity index (χ0n) is 17.4. The van der Waals surface area contributed by atoms with E-state index in [0.717, 1.165) is 57.3 Å². The summed E-state index contributed by atoms with van der Waals surface area (Å²) in [5.74, 6) is 1.22. The minimum absolute atomic E-state index is 0.00342. The van der Waals surface area contributed by atoms with Gasteiger partial charge < -0.3 is 14.8 Å². The molecule has 156 valence electrons. The van der Waals surface area contributed by atoms with Crippen LogP contribution in [-0.2, 0) is 11.2 Å². The van der Waals surface area contributed by atoms with Crippen LogP contribution in [-0.4, -0.2) is 30.3 Å². The number of fused-ring (bicyclic) bond motifs is 2. The van der Waals surface area contributed by atoms with Crippen molar-refractivity contribution in [1.29, 1.82) is 0 Å². The SMILES string of the molecule is COc1ccc2c(c1OC)CCC2C(=O)Nc1ccc2ccc(-c3cn[nH]c3)cc2c1. The average molecular weight is 413 g/mol. The van der Waals surface area contributed by atoms with Crippen molar-refractivity contribution < 1.29 is 14.3 Å². The maximum atomic E-state index is 13.1. The Kier molecular flexibility index (Phi) is 4.82. The van der Waals surface area contributed by atoms with Gasteiger partial charge in [-0.05, 0) is 59.0 Å². The summed E-state index contributed by atoms with van der Waals surface area (Å²) >= 11 is 0. The third kappa shape index (κ3) is 3.40. The lowest BCUT2D eigenvalue weighted by atomic mass is 9.99. The van der Waals surface area contributed by atoms with E-state index in [9.17, 15) is 4.79 Å². The molecule has 1 aliphatic carbocycles. The van der Waals surface area contributed by atoms with Crippen molar-refractivity contribution in [2.75, 3.05) is 19.5 Å². The number of H-pyrrole nitrogens is 1. The van der Waals surface area contributed by atoms with E-state index in [1.54, 1.807) is 20.4 Å². The van der Waals surface area contributed by atoms with Gasteiger partial charge >= 0.3 is 0 Å². The van der Waals surface area contributed by atoms with Crippen LogP contribution in [0.4, 0.5) is 5.69 Å². The highest BCUT2D eigenvalue weighted by Crippen LogP contribution is 2.43. The van der Waals surface area contributed by atoms with Gasteiger partial charge in [-0.25, -0.2) is 0 Å². The van der Waals surface area contributed by atoms with E-state index < -0.39 is 0 Å². The Morgan fingerprint density at radius 2 is 1.90 bits per heavy atom. The molecule has 0 radical (unpaired) electrons. The van der Waals surface area contributed by atoms with Gasteiger partial charge in [-0.1, -0.05) is 24.3 Å². The molecule has 0 spiro atoms.